The Morgan fingerprint density at radius 3 is 2.41 bits per heavy atom. The second-order valence-corrected chi connectivity index (χ2v) is 6.11. The van der Waals surface area contributed by atoms with E-state index in [4.69, 9.17) is 9.72 Å². The summed E-state index contributed by atoms with van der Waals surface area (Å²) >= 11 is 0. The monoisotopic (exact) mass is 362 g/mol. The van der Waals surface area contributed by atoms with E-state index in [2.05, 4.69) is 27.6 Å². The van der Waals surface area contributed by atoms with E-state index >= 15 is 0 Å². The fourth-order valence-electron chi connectivity index (χ4n) is 2.65. The minimum absolute atomic E-state index is 0.135. The number of para-hydroxylation sites is 2. The summed E-state index contributed by atoms with van der Waals surface area (Å²) in [7, 11) is 0. The van der Waals surface area contributed by atoms with E-state index < -0.39 is 0 Å². The van der Waals surface area contributed by atoms with E-state index in [0.29, 0.717) is 24.6 Å². The highest BCUT2D eigenvalue weighted by Crippen LogP contribution is 2.20. The Balaban J connectivity index is 1.87. The van der Waals surface area contributed by atoms with Gasteiger partial charge in [-0.1, -0.05) is 42.5 Å². The zero-order valence-electron chi connectivity index (χ0n) is 15.5. The number of ether oxygens (including phenoxy) is 1. The van der Waals surface area contributed by atoms with Gasteiger partial charge in [0, 0.05) is 12.1 Å². The van der Waals surface area contributed by atoms with Crippen molar-refractivity contribution >= 4 is 28.5 Å². The Morgan fingerprint density at radius 2 is 1.70 bits per heavy atom. The fraction of sp³-hybridized carbons (Fsp3) is 0.238. The molecule has 0 aliphatic carbocycles. The van der Waals surface area contributed by atoms with E-state index in [1.807, 2.05) is 42.5 Å². The molecule has 0 fully saturated rings. The predicted octanol–water partition coefficient (Wildman–Crippen LogP) is 3.96. The molecule has 0 aliphatic heterocycles. The number of benzene rings is 2. The van der Waals surface area contributed by atoms with Gasteiger partial charge in [-0.05, 0) is 31.5 Å². The van der Waals surface area contributed by atoms with Crippen molar-refractivity contribution in [2.45, 2.75) is 26.7 Å². The Bertz CT molecular complexity index is 955. The van der Waals surface area contributed by atoms with Crippen LogP contribution in [0.4, 0.5) is 5.82 Å². The van der Waals surface area contributed by atoms with Crippen molar-refractivity contribution in [3.8, 4) is 0 Å². The Labute approximate surface area is 158 Å². The van der Waals surface area contributed by atoms with Crippen LogP contribution >= 0.6 is 0 Å². The van der Waals surface area contributed by atoms with Crippen molar-refractivity contribution in [1.29, 1.82) is 0 Å². The number of hydrazone groups is 1. The molecule has 1 heterocycles. The molecule has 1 aromatic heterocycles. The van der Waals surface area contributed by atoms with Crippen LogP contribution < -0.4 is 5.43 Å². The van der Waals surface area contributed by atoms with Gasteiger partial charge in [-0.2, -0.15) is 5.10 Å². The summed E-state index contributed by atoms with van der Waals surface area (Å²) in [6, 6.07) is 17.8. The summed E-state index contributed by atoms with van der Waals surface area (Å²) in [5, 5.41) is 4.29. The van der Waals surface area contributed by atoms with E-state index in [-0.39, 0.29) is 12.4 Å². The van der Waals surface area contributed by atoms with Gasteiger partial charge in [0.25, 0.3) is 0 Å². The van der Waals surface area contributed by atoms with Crippen molar-refractivity contribution in [2.75, 3.05) is 12.0 Å². The maximum atomic E-state index is 11.6. The van der Waals surface area contributed by atoms with E-state index in [0.717, 1.165) is 22.3 Å². The molecule has 3 aromatic rings. The zero-order valence-corrected chi connectivity index (χ0v) is 15.5. The lowest BCUT2D eigenvalue weighted by Gasteiger charge is -2.10. The van der Waals surface area contributed by atoms with Gasteiger partial charge in [0.15, 0.2) is 5.82 Å². The number of nitrogens with one attached hydrogen (secondary N) is 1. The second kappa shape index (κ2) is 8.89. The maximum Gasteiger partial charge on any atom is 0.311 e. The number of rotatable bonds is 7. The first kappa shape index (κ1) is 18.5. The Hall–Kier alpha value is -3.28. The highest BCUT2D eigenvalue weighted by Gasteiger charge is 2.10. The summed E-state index contributed by atoms with van der Waals surface area (Å²) in [6.07, 6.45) is 0.767. The molecule has 6 heteroatoms. The van der Waals surface area contributed by atoms with Crippen LogP contribution in [0.15, 0.2) is 59.7 Å². The summed E-state index contributed by atoms with van der Waals surface area (Å²) < 4.78 is 4.95. The molecule has 1 N–H and O–H groups in total. The van der Waals surface area contributed by atoms with Crippen LogP contribution in [0.1, 0.15) is 31.5 Å². The molecular formula is C21H22N4O2. The zero-order chi connectivity index (χ0) is 19.1. The topological polar surface area (TPSA) is 76.5 Å². The largest absolute Gasteiger partial charge is 0.466 e. The summed E-state index contributed by atoms with van der Waals surface area (Å²) in [4.78, 5) is 21.0. The van der Waals surface area contributed by atoms with Gasteiger partial charge < -0.3 is 4.74 Å². The van der Waals surface area contributed by atoms with Gasteiger partial charge in [0.1, 0.15) is 0 Å². The van der Waals surface area contributed by atoms with Gasteiger partial charge in [-0.25, -0.2) is 9.97 Å². The van der Waals surface area contributed by atoms with Crippen LogP contribution in [0.2, 0.25) is 0 Å². The van der Waals surface area contributed by atoms with E-state index in [1.54, 1.807) is 13.8 Å². The SMILES string of the molecule is CCOC(=O)C/C(C)=N\Nc1nc2ccccc2nc1Cc1ccccc1. The van der Waals surface area contributed by atoms with Gasteiger partial charge in [0.05, 0.1) is 29.8 Å². The fourth-order valence-corrected chi connectivity index (χ4v) is 2.65. The third-order valence-corrected chi connectivity index (χ3v) is 3.92. The van der Waals surface area contributed by atoms with Crippen LogP contribution in [0, 0.1) is 0 Å². The van der Waals surface area contributed by atoms with E-state index in [1.165, 1.54) is 0 Å². The molecule has 0 spiro atoms. The van der Waals surface area contributed by atoms with E-state index in [9.17, 15) is 4.79 Å². The first-order valence-corrected chi connectivity index (χ1v) is 8.90. The maximum absolute atomic E-state index is 11.6. The lowest BCUT2D eigenvalue weighted by molar-refractivity contribution is -0.141. The first-order chi connectivity index (χ1) is 13.2. The third-order valence-electron chi connectivity index (χ3n) is 3.92. The minimum Gasteiger partial charge on any atom is -0.466 e. The summed E-state index contributed by atoms with van der Waals surface area (Å²) in [6.45, 7) is 3.91. The normalized spacial score (nSPS) is 11.4. The van der Waals surface area contributed by atoms with Crippen molar-refractivity contribution in [1.82, 2.24) is 9.97 Å². The lowest BCUT2D eigenvalue weighted by atomic mass is 10.1. The molecule has 0 amide bonds. The van der Waals surface area contributed by atoms with Gasteiger partial charge >= 0.3 is 5.97 Å². The van der Waals surface area contributed by atoms with Crippen LogP contribution in [-0.4, -0.2) is 28.3 Å². The highest BCUT2D eigenvalue weighted by molar-refractivity contribution is 5.97. The highest BCUT2D eigenvalue weighted by atomic mass is 16.5. The molecule has 3 rings (SSSR count). The summed E-state index contributed by atoms with van der Waals surface area (Å²) in [5.41, 5.74) is 7.16. The van der Waals surface area contributed by atoms with Gasteiger partial charge in [-0.3, -0.25) is 10.2 Å². The number of nitrogens with zero attached hydrogens (tertiary/aromatic N) is 3. The third kappa shape index (κ3) is 5.10. The van der Waals surface area contributed by atoms with Crippen molar-refractivity contribution in [2.24, 2.45) is 5.10 Å². The molecule has 27 heavy (non-hydrogen) atoms. The van der Waals surface area contributed by atoms with Crippen LogP contribution in [0.3, 0.4) is 0 Å². The number of carbonyl (C=O) groups is 1. The number of aromatic nitrogens is 2. The molecule has 0 aliphatic rings. The Morgan fingerprint density at radius 1 is 1.04 bits per heavy atom. The summed E-state index contributed by atoms with van der Waals surface area (Å²) in [5.74, 6) is 0.287. The standard InChI is InChI=1S/C21H22N4O2/c1-3-27-20(26)13-15(2)24-25-21-19(14-16-9-5-4-6-10-16)22-17-11-7-8-12-18(17)23-21/h4-12H,3,13-14H2,1-2H3,(H,23,25)/b24-15-. The number of fused-ring (bicyclic) bond motifs is 1. The number of carbonyl (C=O) groups excluding carboxylic acids is 1. The molecule has 138 valence electrons. The van der Waals surface area contributed by atoms with Gasteiger partial charge in [-0.15, -0.1) is 0 Å². The molecule has 0 atom stereocenters. The quantitative estimate of drug-likeness (QED) is 0.391. The predicted molar refractivity (Wildman–Crippen MR) is 107 cm³/mol. The second-order valence-electron chi connectivity index (χ2n) is 6.11. The smallest absolute Gasteiger partial charge is 0.311 e. The van der Waals surface area contributed by atoms with Crippen LogP contribution in [-0.2, 0) is 16.0 Å². The molecule has 0 saturated heterocycles. The van der Waals surface area contributed by atoms with Crippen molar-refractivity contribution in [3.05, 3.63) is 65.9 Å². The average molecular weight is 362 g/mol. The average Bonchev–Trinajstić information content (AvgIpc) is 2.67. The van der Waals surface area contributed by atoms with Crippen molar-refractivity contribution < 1.29 is 9.53 Å². The minimum atomic E-state index is -0.297. The molecule has 0 bridgehead atoms. The van der Waals surface area contributed by atoms with Crippen molar-refractivity contribution in [3.63, 3.8) is 0 Å². The number of hydrogen-bond acceptors (Lipinski definition) is 6. The van der Waals surface area contributed by atoms with Gasteiger partial charge in [0.2, 0.25) is 0 Å². The number of hydrogen-bond donors (Lipinski definition) is 1. The molecule has 0 saturated carbocycles. The number of esters is 1. The van der Waals surface area contributed by atoms with Crippen LogP contribution in [0.5, 0.6) is 0 Å². The molecule has 6 nitrogen and oxygen atoms in total. The molecule has 2 aromatic carbocycles. The first-order valence-electron chi connectivity index (χ1n) is 8.90. The molecule has 0 unspecified atom stereocenters. The molecule has 0 radical (unpaired) electrons. The Kier molecular flexibility index (Phi) is 6.10. The molecular weight excluding hydrogens is 340 g/mol. The van der Waals surface area contributed by atoms with Crippen LogP contribution in [0.25, 0.3) is 11.0 Å². The number of anilines is 1. The lowest BCUT2D eigenvalue weighted by Crippen LogP contribution is -2.11.